The van der Waals surface area contributed by atoms with Crippen LogP contribution in [0.25, 0.3) is 11.0 Å². The van der Waals surface area contributed by atoms with Crippen LogP contribution in [0.1, 0.15) is 10.4 Å². The number of carboxylic acids is 1. The quantitative estimate of drug-likeness (QED) is 0.540. The van der Waals surface area contributed by atoms with Crippen LogP contribution < -0.4 is 11.1 Å². The molecule has 2 rings (SSSR count). The number of nitrogens with one attached hydrogen (secondary N) is 2. The lowest BCUT2D eigenvalue weighted by Crippen LogP contribution is -2.28. The molecule has 1 aromatic heterocycles. The highest BCUT2D eigenvalue weighted by molar-refractivity contribution is 5.91. The average Bonchev–Trinajstić information content (AvgIpc) is 2.19. The van der Waals surface area contributed by atoms with Gasteiger partial charge in [0.1, 0.15) is 0 Å². The molecule has 0 saturated carbocycles. The summed E-state index contributed by atoms with van der Waals surface area (Å²) < 4.78 is 0. The van der Waals surface area contributed by atoms with Crippen molar-refractivity contribution >= 4 is 17.0 Å². The van der Waals surface area contributed by atoms with Gasteiger partial charge in [0.2, 0.25) is 0 Å². The lowest BCUT2D eigenvalue weighted by Gasteiger charge is -1.98. The first-order valence-corrected chi connectivity index (χ1v) is 4.07. The van der Waals surface area contributed by atoms with Crippen LogP contribution in [0.5, 0.6) is 0 Å². The van der Waals surface area contributed by atoms with Crippen LogP contribution in [-0.2, 0) is 0 Å². The minimum absolute atomic E-state index is 0. The predicted octanol–water partition coefficient (Wildman–Crippen LogP) is -0.910. The van der Waals surface area contributed by atoms with Gasteiger partial charge in [0.25, 0.3) is 0 Å². The minimum Gasteiger partial charge on any atom is -0.478 e. The van der Waals surface area contributed by atoms with E-state index >= 15 is 0 Å². The standard InChI is InChI=1S/C9H6N2O4.H2O/c12-7-8(13)11-6-3-4(9(14)15)1-2-5(6)10-7;/h1-3H,(H,10,12)(H,11,13)(H,14,15);1H2. The molecule has 0 aliphatic heterocycles. The van der Waals surface area contributed by atoms with Crippen LogP contribution >= 0.6 is 0 Å². The maximum absolute atomic E-state index is 11.0. The van der Waals surface area contributed by atoms with E-state index in [0.29, 0.717) is 11.0 Å². The molecule has 0 amide bonds. The van der Waals surface area contributed by atoms with Crippen LogP contribution in [-0.4, -0.2) is 26.5 Å². The monoisotopic (exact) mass is 224 g/mol. The van der Waals surface area contributed by atoms with Crippen molar-refractivity contribution in [1.82, 2.24) is 9.97 Å². The number of hydrogen-bond donors (Lipinski definition) is 3. The van der Waals surface area contributed by atoms with Crippen LogP contribution in [0.15, 0.2) is 27.8 Å². The first-order valence-electron chi connectivity index (χ1n) is 4.07. The number of H-pyrrole nitrogens is 2. The Bertz CT molecular complexity index is 655. The summed E-state index contributed by atoms with van der Waals surface area (Å²) in [5, 5.41) is 8.70. The van der Waals surface area contributed by atoms with Gasteiger partial charge in [-0.3, -0.25) is 9.59 Å². The molecule has 7 nitrogen and oxygen atoms in total. The molecule has 0 bridgehead atoms. The van der Waals surface area contributed by atoms with Crippen LogP contribution in [0.4, 0.5) is 0 Å². The third-order valence-electron chi connectivity index (χ3n) is 1.97. The average molecular weight is 224 g/mol. The summed E-state index contributed by atoms with van der Waals surface area (Å²) in [6, 6.07) is 4.06. The maximum atomic E-state index is 11.0. The highest BCUT2D eigenvalue weighted by Crippen LogP contribution is 2.08. The molecule has 0 aliphatic carbocycles. The number of aromatic carboxylic acids is 1. The normalized spacial score (nSPS) is 9.75. The number of fused-ring (bicyclic) bond motifs is 1. The molecule has 0 fully saturated rings. The van der Waals surface area contributed by atoms with Gasteiger partial charge in [-0.2, -0.15) is 0 Å². The Morgan fingerprint density at radius 2 is 1.62 bits per heavy atom. The van der Waals surface area contributed by atoms with Gasteiger partial charge in [0.15, 0.2) is 0 Å². The molecule has 5 N–H and O–H groups in total. The topological polar surface area (TPSA) is 135 Å². The van der Waals surface area contributed by atoms with Gasteiger partial charge in [0, 0.05) is 0 Å². The number of carbonyl (C=O) groups is 1. The fourth-order valence-corrected chi connectivity index (χ4v) is 1.25. The van der Waals surface area contributed by atoms with Crippen molar-refractivity contribution in [1.29, 1.82) is 0 Å². The van der Waals surface area contributed by atoms with Crippen molar-refractivity contribution < 1.29 is 15.4 Å². The molecule has 0 aliphatic rings. The number of benzene rings is 1. The third-order valence-corrected chi connectivity index (χ3v) is 1.97. The first kappa shape index (κ1) is 11.7. The Morgan fingerprint density at radius 1 is 1.06 bits per heavy atom. The van der Waals surface area contributed by atoms with Gasteiger partial charge in [-0.15, -0.1) is 0 Å². The van der Waals surface area contributed by atoms with E-state index in [-0.39, 0.29) is 11.0 Å². The van der Waals surface area contributed by atoms with Gasteiger partial charge in [0.05, 0.1) is 16.6 Å². The second-order valence-corrected chi connectivity index (χ2v) is 2.97. The minimum atomic E-state index is -1.09. The lowest BCUT2D eigenvalue weighted by molar-refractivity contribution is 0.0697. The van der Waals surface area contributed by atoms with Gasteiger partial charge in [-0.05, 0) is 18.2 Å². The zero-order valence-corrected chi connectivity index (χ0v) is 7.90. The molecule has 0 radical (unpaired) electrons. The van der Waals surface area contributed by atoms with E-state index in [1.54, 1.807) is 0 Å². The highest BCUT2D eigenvalue weighted by Gasteiger charge is 2.05. The van der Waals surface area contributed by atoms with Crippen LogP contribution in [0.3, 0.4) is 0 Å². The summed E-state index contributed by atoms with van der Waals surface area (Å²) in [6.07, 6.45) is 0. The second kappa shape index (κ2) is 3.99. The molecule has 0 saturated heterocycles. The Kier molecular flexibility index (Phi) is 2.91. The molecular weight excluding hydrogens is 216 g/mol. The van der Waals surface area contributed by atoms with E-state index in [9.17, 15) is 14.4 Å². The summed E-state index contributed by atoms with van der Waals surface area (Å²) in [4.78, 5) is 37.2. The van der Waals surface area contributed by atoms with E-state index in [1.165, 1.54) is 18.2 Å². The largest absolute Gasteiger partial charge is 0.478 e. The van der Waals surface area contributed by atoms with Crippen LogP contribution in [0, 0.1) is 0 Å². The molecule has 7 heteroatoms. The van der Waals surface area contributed by atoms with E-state index in [0.717, 1.165) is 0 Å². The number of aromatic amines is 2. The predicted molar refractivity (Wildman–Crippen MR) is 55.8 cm³/mol. The molecular formula is C9H8N2O5. The highest BCUT2D eigenvalue weighted by atomic mass is 16.4. The molecule has 0 spiro atoms. The van der Waals surface area contributed by atoms with Crippen molar-refractivity contribution in [2.24, 2.45) is 0 Å². The Morgan fingerprint density at radius 3 is 2.19 bits per heavy atom. The van der Waals surface area contributed by atoms with E-state index in [1.807, 2.05) is 0 Å². The third kappa shape index (κ3) is 1.84. The molecule has 84 valence electrons. The maximum Gasteiger partial charge on any atom is 0.335 e. The fourth-order valence-electron chi connectivity index (χ4n) is 1.25. The zero-order chi connectivity index (χ0) is 11.0. The summed E-state index contributed by atoms with van der Waals surface area (Å²) in [7, 11) is 0. The Labute approximate surface area is 87.7 Å². The van der Waals surface area contributed by atoms with Crippen molar-refractivity contribution in [2.45, 2.75) is 0 Å². The number of carboxylic acid groups (broad SMARTS) is 1. The Hall–Kier alpha value is -2.41. The molecule has 2 aromatic rings. The van der Waals surface area contributed by atoms with Gasteiger partial charge >= 0.3 is 17.1 Å². The zero-order valence-electron chi connectivity index (χ0n) is 7.90. The smallest absolute Gasteiger partial charge is 0.335 e. The summed E-state index contributed by atoms with van der Waals surface area (Å²) >= 11 is 0. The van der Waals surface area contributed by atoms with Crippen LogP contribution in [0.2, 0.25) is 0 Å². The summed E-state index contributed by atoms with van der Waals surface area (Å²) in [5.74, 6) is -1.09. The van der Waals surface area contributed by atoms with E-state index < -0.39 is 17.1 Å². The summed E-state index contributed by atoms with van der Waals surface area (Å²) in [5.41, 5.74) is -0.829. The van der Waals surface area contributed by atoms with Gasteiger partial charge in [-0.1, -0.05) is 0 Å². The molecule has 16 heavy (non-hydrogen) atoms. The first-order chi connectivity index (χ1) is 7.08. The van der Waals surface area contributed by atoms with E-state index in [2.05, 4.69) is 9.97 Å². The lowest BCUT2D eigenvalue weighted by atomic mass is 10.2. The number of hydrogen-bond acceptors (Lipinski definition) is 3. The van der Waals surface area contributed by atoms with E-state index in [4.69, 9.17) is 5.11 Å². The summed E-state index contributed by atoms with van der Waals surface area (Å²) in [6.45, 7) is 0. The molecule has 1 aromatic carbocycles. The SMILES string of the molecule is O.O=C(O)c1ccc2[nH]c(=O)c(=O)[nH]c2c1. The second-order valence-electron chi connectivity index (χ2n) is 2.97. The number of aromatic nitrogens is 2. The van der Waals surface area contributed by atoms with Crippen molar-refractivity contribution in [3.8, 4) is 0 Å². The van der Waals surface area contributed by atoms with Crippen molar-refractivity contribution in [2.75, 3.05) is 0 Å². The van der Waals surface area contributed by atoms with Crippen molar-refractivity contribution in [3.63, 3.8) is 0 Å². The molecule has 0 unspecified atom stereocenters. The van der Waals surface area contributed by atoms with Gasteiger partial charge in [-0.25, -0.2) is 4.79 Å². The molecule has 0 atom stereocenters. The Balaban J connectivity index is 0.00000128. The van der Waals surface area contributed by atoms with Gasteiger partial charge < -0.3 is 20.6 Å². The van der Waals surface area contributed by atoms with Crippen molar-refractivity contribution in [3.05, 3.63) is 44.5 Å². The molecule has 1 heterocycles. The fraction of sp³-hybridized carbons (Fsp3) is 0. The number of rotatable bonds is 1.